The number of carbonyl (C=O) groups is 1. The Morgan fingerprint density at radius 3 is 2.72 bits per heavy atom. The van der Waals surface area contributed by atoms with Gasteiger partial charge in [0, 0.05) is 30.3 Å². The number of likely N-dealkylation sites (tertiary alicyclic amines) is 1. The Kier molecular flexibility index (Phi) is 5.59. The summed E-state index contributed by atoms with van der Waals surface area (Å²) in [7, 11) is 0. The predicted octanol–water partition coefficient (Wildman–Crippen LogP) is 4.17. The number of piperidine rings is 1. The Morgan fingerprint density at radius 2 is 2.00 bits per heavy atom. The number of furan rings is 1. The summed E-state index contributed by atoms with van der Waals surface area (Å²) in [5.74, 6) is 1.42. The molecule has 0 radical (unpaired) electrons. The van der Waals surface area contributed by atoms with Crippen LogP contribution in [0.5, 0.6) is 0 Å². The van der Waals surface area contributed by atoms with E-state index in [0.29, 0.717) is 23.9 Å². The van der Waals surface area contributed by atoms with E-state index in [0.717, 1.165) is 30.0 Å². The van der Waals surface area contributed by atoms with Crippen molar-refractivity contribution in [3.8, 4) is 11.3 Å². The molecule has 2 heterocycles. The van der Waals surface area contributed by atoms with Crippen LogP contribution in [0.3, 0.4) is 0 Å². The van der Waals surface area contributed by atoms with Gasteiger partial charge < -0.3 is 9.73 Å². The SMILES string of the molecule is Cc1oc(-c2ccccc2)c(C(=O)NCCN2CCCC[C@@H]2C)c1C. The van der Waals surface area contributed by atoms with Gasteiger partial charge in [-0.15, -0.1) is 0 Å². The molecule has 0 bridgehead atoms. The minimum atomic E-state index is -0.0436. The number of rotatable bonds is 5. The summed E-state index contributed by atoms with van der Waals surface area (Å²) in [6.07, 6.45) is 3.83. The molecule has 134 valence electrons. The third kappa shape index (κ3) is 3.96. The van der Waals surface area contributed by atoms with Gasteiger partial charge in [-0.1, -0.05) is 36.8 Å². The molecule has 4 nitrogen and oxygen atoms in total. The lowest BCUT2D eigenvalue weighted by atomic mass is 10.0. The fraction of sp³-hybridized carbons (Fsp3) is 0.476. The van der Waals surface area contributed by atoms with Gasteiger partial charge in [-0.3, -0.25) is 9.69 Å². The van der Waals surface area contributed by atoms with E-state index in [1.165, 1.54) is 19.3 Å². The Hall–Kier alpha value is -2.07. The van der Waals surface area contributed by atoms with Gasteiger partial charge in [-0.25, -0.2) is 0 Å². The van der Waals surface area contributed by atoms with Crippen molar-refractivity contribution in [1.29, 1.82) is 0 Å². The van der Waals surface area contributed by atoms with Crippen molar-refractivity contribution < 1.29 is 9.21 Å². The lowest BCUT2D eigenvalue weighted by Crippen LogP contribution is -2.42. The van der Waals surface area contributed by atoms with Crippen LogP contribution in [0.1, 0.15) is 47.9 Å². The number of aryl methyl sites for hydroxylation is 1. The predicted molar refractivity (Wildman–Crippen MR) is 101 cm³/mol. The van der Waals surface area contributed by atoms with Crippen molar-refractivity contribution in [3.63, 3.8) is 0 Å². The highest BCUT2D eigenvalue weighted by atomic mass is 16.3. The molecule has 1 aromatic heterocycles. The van der Waals surface area contributed by atoms with Crippen molar-refractivity contribution in [2.24, 2.45) is 0 Å². The molecule has 1 aliphatic heterocycles. The Bertz CT molecular complexity index is 721. The molecule has 0 saturated carbocycles. The molecule has 1 saturated heterocycles. The molecule has 25 heavy (non-hydrogen) atoms. The van der Waals surface area contributed by atoms with Gasteiger partial charge in [0.15, 0.2) is 0 Å². The molecule has 1 atom stereocenters. The van der Waals surface area contributed by atoms with Crippen molar-refractivity contribution in [2.75, 3.05) is 19.6 Å². The second-order valence-electron chi connectivity index (χ2n) is 6.99. The molecule has 1 N–H and O–H groups in total. The summed E-state index contributed by atoms with van der Waals surface area (Å²) in [5, 5.41) is 3.09. The second kappa shape index (κ2) is 7.87. The van der Waals surface area contributed by atoms with Crippen molar-refractivity contribution in [1.82, 2.24) is 10.2 Å². The number of nitrogens with one attached hydrogen (secondary N) is 1. The summed E-state index contributed by atoms with van der Waals surface area (Å²) >= 11 is 0. The highest BCUT2D eigenvalue weighted by molar-refractivity contribution is 6.01. The zero-order valence-corrected chi connectivity index (χ0v) is 15.5. The van der Waals surface area contributed by atoms with E-state index in [2.05, 4.69) is 17.1 Å². The summed E-state index contributed by atoms with van der Waals surface area (Å²) < 4.78 is 5.89. The van der Waals surface area contributed by atoms with Gasteiger partial charge in [0.1, 0.15) is 11.5 Å². The molecule has 0 unspecified atom stereocenters. The smallest absolute Gasteiger partial charge is 0.255 e. The molecule has 4 heteroatoms. The molecule has 2 aromatic rings. The molecule has 1 fully saturated rings. The van der Waals surface area contributed by atoms with Crippen LogP contribution in [0, 0.1) is 13.8 Å². The lowest BCUT2D eigenvalue weighted by Gasteiger charge is -2.33. The average molecular weight is 340 g/mol. The highest BCUT2D eigenvalue weighted by Gasteiger charge is 2.23. The standard InChI is InChI=1S/C21H28N2O2/c1-15-9-7-8-13-23(15)14-12-22-21(24)19-16(2)17(3)25-20(19)18-10-5-4-6-11-18/h4-6,10-11,15H,7-9,12-14H2,1-3H3,(H,22,24)/t15-/m0/s1. The normalized spacial score (nSPS) is 18.3. The molecule has 0 spiro atoms. The molecule has 0 aliphatic carbocycles. The van der Waals surface area contributed by atoms with Crippen molar-refractivity contribution in [3.05, 3.63) is 47.2 Å². The zero-order chi connectivity index (χ0) is 17.8. The van der Waals surface area contributed by atoms with Crippen LogP contribution >= 0.6 is 0 Å². The summed E-state index contributed by atoms with van der Waals surface area (Å²) in [5.41, 5.74) is 2.52. The van der Waals surface area contributed by atoms with E-state index in [1.807, 2.05) is 44.2 Å². The van der Waals surface area contributed by atoms with E-state index >= 15 is 0 Å². The van der Waals surface area contributed by atoms with Gasteiger partial charge in [-0.05, 0) is 40.2 Å². The first kappa shape index (κ1) is 17.7. The van der Waals surface area contributed by atoms with E-state index in [4.69, 9.17) is 4.42 Å². The Balaban J connectivity index is 1.70. The number of benzene rings is 1. The monoisotopic (exact) mass is 340 g/mol. The summed E-state index contributed by atoms with van der Waals surface area (Å²) in [6.45, 7) is 8.85. The van der Waals surface area contributed by atoms with Crippen LogP contribution in [0.15, 0.2) is 34.7 Å². The van der Waals surface area contributed by atoms with Gasteiger partial charge in [0.2, 0.25) is 0 Å². The Morgan fingerprint density at radius 1 is 1.24 bits per heavy atom. The maximum absolute atomic E-state index is 12.8. The van der Waals surface area contributed by atoms with E-state index in [1.54, 1.807) is 0 Å². The van der Waals surface area contributed by atoms with Crippen LogP contribution in [0.2, 0.25) is 0 Å². The van der Waals surface area contributed by atoms with Crippen LogP contribution in [-0.2, 0) is 0 Å². The van der Waals surface area contributed by atoms with Gasteiger partial charge in [0.05, 0.1) is 5.56 Å². The fourth-order valence-corrected chi connectivity index (χ4v) is 3.58. The number of hydrogen-bond donors (Lipinski definition) is 1. The fourth-order valence-electron chi connectivity index (χ4n) is 3.58. The first-order valence-electron chi connectivity index (χ1n) is 9.25. The molecular formula is C21H28N2O2. The van der Waals surface area contributed by atoms with Crippen molar-refractivity contribution >= 4 is 5.91 Å². The summed E-state index contributed by atoms with van der Waals surface area (Å²) in [4.78, 5) is 15.3. The minimum Gasteiger partial charge on any atom is -0.460 e. The quantitative estimate of drug-likeness (QED) is 0.888. The zero-order valence-electron chi connectivity index (χ0n) is 15.5. The molecule has 1 aromatic carbocycles. The first-order valence-corrected chi connectivity index (χ1v) is 9.25. The molecule has 1 aliphatic rings. The van der Waals surface area contributed by atoms with Crippen molar-refractivity contribution in [2.45, 2.75) is 46.1 Å². The van der Waals surface area contributed by atoms with E-state index < -0.39 is 0 Å². The molecule has 1 amide bonds. The molecule has 3 rings (SSSR count). The topological polar surface area (TPSA) is 45.5 Å². The number of amides is 1. The van der Waals surface area contributed by atoms with Crippen LogP contribution in [0.4, 0.5) is 0 Å². The molecular weight excluding hydrogens is 312 g/mol. The average Bonchev–Trinajstić information content (AvgIpc) is 2.92. The third-order valence-electron chi connectivity index (χ3n) is 5.27. The van der Waals surface area contributed by atoms with Crippen LogP contribution in [-0.4, -0.2) is 36.5 Å². The largest absolute Gasteiger partial charge is 0.460 e. The van der Waals surface area contributed by atoms with Crippen LogP contribution < -0.4 is 5.32 Å². The number of nitrogens with zero attached hydrogens (tertiary/aromatic N) is 1. The van der Waals surface area contributed by atoms with Gasteiger partial charge >= 0.3 is 0 Å². The number of hydrogen-bond acceptors (Lipinski definition) is 3. The van der Waals surface area contributed by atoms with E-state index in [9.17, 15) is 4.79 Å². The first-order chi connectivity index (χ1) is 12.1. The summed E-state index contributed by atoms with van der Waals surface area (Å²) in [6, 6.07) is 10.5. The van der Waals surface area contributed by atoms with Crippen LogP contribution in [0.25, 0.3) is 11.3 Å². The third-order valence-corrected chi connectivity index (χ3v) is 5.27. The Labute approximate surface area is 150 Å². The van der Waals surface area contributed by atoms with Gasteiger partial charge in [0.25, 0.3) is 5.91 Å². The number of carbonyl (C=O) groups excluding carboxylic acids is 1. The maximum Gasteiger partial charge on any atom is 0.255 e. The maximum atomic E-state index is 12.8. The minimum absolute atomic E-state index is 0.0436. The van der Waals surface area contributed by atoms with E-state index in [-0.39, 0.29) is 5.91 Å². The highest BCUT2D eigenvalue weighted by Crippen LogP contribution is 2.30. The second-order valence-corrected chi connectivity index (χ2v) is 6.99. The lowest BCUT2D eigenvalue weighted by molar-refractivity contribution is 0.0938. The van der Waals surface area contributed by atoms with Gasteiger partial charge in [-0.2, -0.15) is 0 Å².